The fourth-order valence-electron chi connectivity index (χ4n) is 5.25. The highest BCUT2D eigenvalue weighted by molar-refractivity contribution is 6.08. The maximum absolute atomic E-state index is 13.1. The number of rotatable bonds is 5. The normalized spacial score (nSPS) is 21.2. The van der Waals surface area contributed by atoms with Gasteiger partial charge in [-0.1, -0.05) is 65.8 Å². The molecule has 1 aliphatic carbocycles. The molecule has 3 nitrogen and oxygen atoms in total. The first-order valence-electron chi connectivity index (χ1n) is 12.4. The van der Waals surface area contributed by atoms with Gasteiger partial charge >= 0.3 is 5.97 Å². The van der Waals surface area contributed by atoms with Crippen LogP contribution < -0.4 is 0 Å². The molecule has 1 heterocycles. The van der Waals surface area contributed by atoms with Crippen molar-refractivity contribution in [1.29, 1.82) is 0 Å². The fraction of sp³-hybridized carbons (Fsp3) is 0.452. The van der Waals surface area contributed by atoms with Gasteiger partial charge in [0.05, 0.1) is 17.0 Å². The van der Waals surface area contributed by atoms with Crippen molar-refractivity contribution in [2.45, 2.75) is 71.9 Å². The van der Waals surface area contributed by atoms with Gasteiger partial charge in [-0.25, -0.2) is 0 Å². The van der Waals surface area contributed by atoms with Crippen molar-refractivity contribution in [2.24, 2.45) is 17.8 Å². The number of allylic oxidation sites excluding steroid dienone is 2. The predicted molar refractivity (Wildman–Crippen MR) is 143 cm³/mol. The Kier molecular flexibility index (Phi) is 6.27. The van der Waals surface area contributed by atoms with Crippen LogP contribution in [-0.4, -0.2) is 10.5 Å². The Morgan fingerprint density at radius 1 is 0.912 bits per heavy atom. The molecule has 0 N–H and O–H groups in total. The fourth-order valence-corrected chi connectivity index (χ4v) is 5.25. The van der Waals surface area contributed by atoms with E-state index in [1.54, 1.807) is 0 Å². The summed E-state index contributed by atoms with van der Waals surface area (Å²) in [4.78, 5) is 13.1. The molecule has 3 unspecified atom stereocenters. The third-order valence-electron chi connectivity index (χ3n) is 7.52. The number of carbonyl (C=O) groups is 1. The van der Waals surface area contributed by atoms with Crippen molar-refractivity contribution in [3.63, 3.8) is 0 Å². The quantitative estimate of drug-likeness (QED) is 0.288. The first-order valence-corrected chi connectivity index (χ1v) is 12.4. The van der Waals surface area contributed by atoms with E-state index in [1.807, 2.05) is 12.2 Å². The molecule has 0 aliphatic heterocycles. The van der Waals surface area contributed by atoms with E-state index in [4.69, 9.17) is 4.74 Å². The van der Waals surface area contributed by atoms with E-state index in [0.717, 1.165) is 23.9 Å². The van der Waals surface area contributed by atoms with Crippen molar-refractivity contribution >= 4 is 27.8 Å². The average molecular weight is 458 g/mol. The molecule has 0 saturated heterocycles. The monoisotopic (exact) mass is 457 g/mol. The van der Waals surface area contributed by atoms with Gasteiger partial charge in [-0.15, -0.1) is 13.2 Å². The van der Waals surface area contributed by atoms with E-state index in [2.05, 4.69) is 95.7 Å². The van der Waals surface area contributed by atoms with Crippen LogP contribution in [0.25, 0.3) is 21.8 Å². The Hall–Kier alpha value is -2.81. The van der Waals surface area contributed by atoms with Gasteiger partial charge < -0.3 is 9.30 Å². The summed E-state index contributed by atoms with van der Waals surface area (Å²) in [7, 11) is 0. The number of esters is 1. The molecule has 3 aromatic rings. The van der Waals surface area contributed by atoms with Gasteiger partial charge in [-0.2, -0.15) is 0 Å². The average Bonchev–Trinajstić information content (AvgIpc) is 3.34. The maximum atomic E-state index is 13.1. The minimum absolute atomic E-state index is 0.0561. The van der Waals surface area contributed by atoms with E-state index in [-0.39, 0.29) is 35.4 Å². The Labute approximate surface area is 204 Å². The van der Waals surface area contributed by atoms with Crippen molar-refractivity contribution in [3.8, 4) is 0 Å². The number of hydrogen-bond donors (Lipinski definition) is 0. The minimum atomic E-state index is -0.145. The summed E-state index contributed by atoms with van der Waals surface area (Å²) < 4.78 is 8.09. The third-order valence-corrected chi connectivity index (χ3v) is 7.52. The van der Waals surface area contributed by atoms with Crippen LogP contribution in [0.2, 0.25) is 0 Å². The van der Waals surface area contributed by atoms with Crippen LogP contribution in [0.4, 0.5) is 0 Å². The van der Waals surface area contributed by atoms with Crippen LogP contribution in [0.1, 0.15) is 65.5 Å². The van der Waals surface area contributed by atoms with Crippen molar-refractivity contribution in [2.75, 3.05) is 0 Å². The Morgan fingerprint density at radius 2 is 1.44 bits per heavy atom. The smallest absolute Gasteiger partial charge is 0.311 e. The molecule has 1 aromatic heterocycles. The number of fused-ring (bicyclic) bond motifs is 3. The molecule has 3 heteroatoms. The molecule has 34 heavy (non-hydrogen) atoms. The Bertz CT molecular complexity index is 1180. The van der Waals surface area contributed by atoms with Crippen LogP contribution in [0, 0.1) is 17.8 Å². The third kappa shape index (κ3) is 4.45. The number of nitrogens with zero attached hydrogens (tertiary/aromatic N) is 1. The number of benzene rings is 2. The molecule has 0 amide bonds. The second-order valence-electron chi connectivity index (χ2n) is 12.0. The van der Waals surface area contributed by atoms with Gasteiger partial charge in [0.25, 0.3) is 0 Å². The van der Waals surface area contributed by atoms with Gasteiger partial charge in [0.1, 0.15) is 0 Å². The molecule has 1 saturated carbocycles. The first kappa shape index (κ1) is 24.3. The van der Waals surface area contributed by atoms with E-state index in [9.17, 15) is 4.79 Å². The highest BCUT2D eigenvalue weighted by Gasteiger charge is 2.37. The summed E-state index contributed by atoms with van der Waals surface area (Å²) in [5.74, 6) is 0.216. The van der Waals surface area contributed by atoms with E-state index < -0.39 is 0 Å². The molecule has 0 radical (unpaired) electrons. The van der Waals surface area contributed by atoms with E-state index in [0.29, 0.717) is 5.92 Å². The minimum Gasteiger partial charge on any atom is -0.444 e. The Morgan fingerprint density at radius 3 is 1.88 bits per heavy atom. The number of aromatic nitrogens is 1. The van der Waals surface area contributed by atoms with Crippen LogP contribution in [0.5, 0.6) is 0 Å². The molecule has 0 spiro atoms. The number of hydrogen-bond acceptors (Lipinski definition) is 2. The van der Waals surface area contributed by atoms with Gasteiger partial charge in [-0.3, -0.25) is 4.79 Å². The lowest BCUT2D eigenvalue weighted by Gasteiger charge is -2.19. The number of carbonyl (C=O) groups excluding carboxylic acids is 1. The van der Waals surface area contributed by atoms with Crippen LogP contribution in [0.15, 0.2) is 61.7 Å². The second-order valence-corrected chi connectivity index (χ2v) is 12.0. The summed E-state index contributed by atoms with van der Waals surface area (Å²) in [6, 6.07) is 13.4. The molecule has 180 valence electrons. The Balaban J connectivity index is 1.75. The zero-order valence-corrected chi connectivity index (χ0v) is 21.7. The molecule has 1 fully saturated rings. The molecule has 3 atom stereocenters. The largest absolute Gasteiger partial charge is 0.444 e. The summed E-state index contributed by atoms with van der Waals surface area (Å²) in [6.07, 6.45) is 5.57. The lowest BCUT2D eigenvalue weighted by molar-refractivity contribution is -0.153. The molecule has 4 rings (SSSR count). The summed E-state index contributed by atoms with van der Waals surface area (Å²) in [5.41, 5.74) is 4.90. The van der Waals surface area contributed by atoms with Crippen LogP contribution in [-0.2, 0) is 27.1 Å². The summed E-state index contributed by atoms with van der Waals surface area (Å²) in [5, 5.41) is 2.42. The van der Waals surface area contributed by atoms with E-state index >= 15 is 0 Å². The topological polar surface area (TPSA) is 31.2 Å². The van der Waals surface area contributed by atoms with Crippen LogP contribution >= 0.6 is 0 Å². The van der Waals surface area contributed by atoms with Crippen molar-refractivity contribution in [3.05, 3.63) is 72.8 Å². The van der Waals surface area contributed by atoms with Gasteiger partial charge in [0, 0.05) is 10.8 Å². The van der Waals surface area contributed by atoms with E-state index in [1.165, 1.54) is 21.9 Å². The molecular formula is C31H39NO2. The first-order chi connectivity index (χ1) is 15.9. The van der Waals surface area contributed by atoms with Gasteiger partial charge in [0.15, 0.2) is 6.73 Å². The lowest BCUT2D eigenvalue weighted by Crippen LogP contribution is -2.21. The van der Waals surface area contributed by atoms with Crippen molar-refractivity contribution < 1.29 is 9.53 Å². The van der Waals surface area contributed by atoms with Gasteiger partial charge in [-0.05, 0) is 70.9 Å². The predicted octanol–water partition coefficient (Wildman–Crippen LogP) is 7.90. The van der Waals surface area contributed by atoms with Gasteiger partial charge in [0.2, 0.25) is 0 Å². The maximum Gasteiger partial charge on any atom is 0.311 e. The molecule has 0 bridgehead atoms. The molecule has 1 aliphatic rings. The summed E-state index contributed by atoms with van der Waals surface area (Å²) in [6.45, 7) is 21.5. The zero-order valence-electron chi connectivity index (χ0n) is 21.7. The molecule has 2 aromatic carbocycles. The highest BCUT2D eigenvalue weighted by atomic mass is 16.5. The summed E-state index contributed by atoms with van der Waals surface area (Å²) >= 11 is 0. The lowest BCUT2D eigenvalue weighted by atomic mass is 9.85. The standard InChI is InChI=1S/C31H39NO2/c1-9-20-15-21(10-2)24(16-20)29(33)34-19-32-27-13-11-22(30(3,4)5)17-25(27)26-18-23(31(6,7)8)12-14-28(26)32/h9-14,17-18,20-21,24H,1-2,15-16,19H2,3-8H3. The zero-order chi connectivity index (χ0) is 24.8. The SMILES string of the molecule is C=CC1CC(C=C)C(C(=O)OCn2c3ccc(C(C)(C)C)cc3c3cc(C(C)(C)C)ccc32)C1. The molecular weight excluding hydrogens is 418 g/mol. The van der Waals surface area contributed by atoms with Crippen LogP contribution in [0.3, 0.4) is 0 Å². The second kappa shape index (κ2) is 8.76. The number of ether oxygens (including phenoxy) is 1. The van der Waals surface area contributed by atoms with Crippen molar-refractivity contribution in [1.82, 2.24) is 4.57 Å². The highest BCUT2D eigenvalue weighted by Crippen LogP contribution is 2.39.